The number of amides is 1. The van der Waals surface area contributed by atoms with E-state index in [-0.39, 0.29) is 5.25 Å². The van der Waals surface area contributed by atoms with Gasteiger partial charge in [-0.1, -0.05) is 0 Å². The van der Waals surface area contributed by atoms with E-state index in [1.807, 2.05) is 13.2 Å². The predicted octanol–water partition coefficient (Wildman–Crippen LogP) is 1.82. The van der Waals surface area contributed by atoms with Gasteiger partial charge in [0, 0.05) is 18.6 Å². The van der Waals surface area contributed by atoms with E-state index in [9.17, 15) is 4.79 Å². The van der Waals surface area contributed by atoms with Gasteiger partial charge in [-0.2, -0.15) is 11.8 Å². The number of likely N-dealkylation sites (tertiary alicyclic amines) is 2. The Morgan fingerprint density at radius 2 is 1.88 bits per heavy atom. The summed E-state index contributed by atoms with van der Waals surface area (Å²) in [6.07, 6.45) is 6.95. The molecule has 2 saturated heterocycles. The molecular formula is C13H24N2OS. The van der Waals surface area contributed by atoms with Crippen molar-refractivity contribution in [2.24, 2.45) is 0 Å². The quantitative estimate of drug-likeness (QED) is 0.769. The third-order valence-corrected chi connectivity index (χ3v) is 5.21. The monoisotopic (exact) mass is 256 g/mol. The van der Waals surface area contributed by atoms with Crippen molar-refractivity contribution in [2.45, 2.75) is 49.9 Å². The molecule has 0 bridgehead atoms. The van der Waals surface area contributed by atoms with Crippen LogP contribution in [0.5, 0.6) is 0 Å². The molecule has 2 heterocycles. The minimum Gasteiger partial charge on any atom is -0.337 e. The highest BCUT2D eigenvalue weighted by Crippen LogP contribution is 2.30. The Balaban J connectivity index is 2.04. The SMILES string of the molecule is CS[C@H](C)C(=O)N1CCC[C@H]1[C@@H]1CCCN1C. The Hall–Kier alpha value is -0.220. The van der Waals surface area contributed by atoms with Crippen LogP contribution in [0.3, 0.4) is 0 Å². The first-order valence-corrected chi connectivity index (χ1v) is 7.97. The highest BCUT2D eigenvalue weighted by Gasteiger charge is 2.39. The van der Waals surface area contributed by atoms with Crippen LogP contribution < -0.4 is 0 Å². The number of rotatable bonds is 3. The molecule has 0 unspecified atom stereocenters. The van der Waals surface area contributed by atoms with Gasteiger partial charge in [0.15, 0.2) is 0 Å². The van der Waals surface area contributed by atoms with Gasteiger partial charge >= 0.3 is 0 Å². The molecular weight excluding hydrogens is 232 g/mol. The van der Waals surface area contributed by atoms with Crippen LogP contribution in [0, 0.1) is 0 Å². The standard InChI is InChI=1S/C13H24N2OS/c1-10(17-3)13(16)15-9-5-7-12(15)11-6-4-8-14(11)2/h10-12H,4-9H2,1-3H3/t10-,11+,12+/m1/s1. The molecule has 0 aromatic rings. The molecule has 1 amide bonds. The average Bonchev–Trinajstić information content (AvgIpc) is 2.94. The fourth-order valence-corrected chi connectivity index (χ4v) is 3.56. The lowest BCUT2D eigenvalue weighted by atomic mass is 10.0. The fraction of sp³-hybridized carbons (Fsp3) is 0.923. The molecule has 0 saturated carbocycles. The van der Waals surface area contributed by atoms with Crippen LogP contribution in [0.2, 0.25) is 0 Å². The maximum Gasteiger partial charge on any atom is 0.235 e. The van der Waals surface area contributed by atoms with E-state index < -0.39 is 0 Å². The summed E-state index contributed by atoms with van der Waals surface area (Å²) in [4.78, 5) is 16.9. The normalized spacial score (nSPS) is 32.1. The summed E-state index contributed by atoms with van der Waals surface area (Å²) in [5.74, 6) is 0.347. The Morgan fingerprint density at radius 1 is 1.24 bits per heavy atom. The van der Waals surface area contributed by atoms with Gasteiger partial charge in [-0.05, 0) is 52.5 Å². The largest absolute Gasteiger partial charge is 0.337 e. The summed E-state index contributed by atoms with van der Waals surface area (Å²) in [7, 11) is 2.21. The van der Waals surface area contributed by atoms with Crippen molar-refractivity contribution in [2.75, 3.05) is 26.4 Å². The van der Waals surface area contributed by atoms with Gasteiger partial charge in [-0.3, -0.25) is 4.79 Å². The first-order chi connectivity index (χ1) is 8.15. The smallest absolute Gasteiger partial charge is 0.235 e. The summed E-state index contributed by atoms with van der Waals surface area (Å²) in [5.41, 5.74) is 0. The molecule has 0 aliphatic carbocycles. The van der Waals surface area contributed by atoms with Crippen LogP contribution in [-0.4, -0.2) is 59.4 Å². The zero-order valence-corrected chi connectivity index (χ0v) is 12.0. The van der Waals surface area contributed by atoms with Crippen LogP contribution in [-0.2, 0) is 4.79 Å². The molecule has 0 radical (unpaired) electrons. The van der Waals surface area contributed by atoms with Gasteiger partial charge in [-0.25, -0.2) is 0 Å². The van der Waals surface area contributed by atoms with E-state index in [2.05, 4.69) is 16.8 Å². The topological polar surface area (TPSA) is 23.6 Å². The van der Waals surface area contributed by atoms with Gasteiger partial charge in [0.2, 0.25) is 5.91 Å². The van der Waals surface area contributed by atoms with E-state index in [0.29, 0.717) is 18.0 Å². The Labute approximate surface area is 109 Å². The second-order valence-corrected chi connectivity index (χ2v) is 6.49. The van der Waals surface area contributed by atoms with E-state index in [1.165, 1.54) is 32.2 Å². The zero-order valence-electron chi connectivity index (χ0n) is 11.2. The van der Waals surface area contributed by atoms with Crippen molar-refractivity contribution in [3.63, 3.8) is 0 Å². The molecule has 0 N–H and O–H groups in total. The maximum atomic E-state index is 12.3. The third kappa shape index (κ3) is 2.63. The third-order valence-electron chi connectivity index (χ3n) is 4.30. The maximum absolute atomic E-state index is 12.3. The number of carbonyl (C=O) groups excluding carboxylic acids is 1. The van der Waals surface area contributed by atoms with Gasteiger partial charge in [-0.15, -0.1) is 0 Å². The highest BCUT2D eigenvalue weighted by atomic mass is 32.2. The van der Waals surface area contributed by atoms with E-state index >= 15 is 0 Å². The van der Waals surface area contributed by atoms with Gasteiger partial charge in [0.1, 0.15) is 0 Å². The summed E-state index contributed by atoms with van der Waals surface area (Å²) in [6.45, 7) is 4.20. The van der Waals surface area contributed by atoms with Crippen LogP contribution >= 0.6 is 11.8 Å². The number of likely N-dealkylation sites (N-methyl/N-ethyl adjacent to an activating group) is 1. The Morgan fingerprint density at radius 3 is 2.47 bits per heavy atom. The summed E-state index contributed by atoms with van der Waals surface area (Å²) in [5, 5.41) is 0.113. The molecule has 2 aliphatic rings. The molecule has 0 aromatic carbocycles. The van der Waals surface area contributed by atoms with Crippen molar-refractivity contribution in [1.29, 1.82) is 0 Å². The minimum atomic E-state index is 0.113. The minimum absolute atomic E-state index is 0.113. The number of thioether (sulfide) groups is 1. The average molecular weight is 256 g/mol. The Kier molecular flexibility index (Phi) is 4.36. The molecule has 3 nitrogen and oxygen atoms in total. The van der Waals surface area contributed by atoms with Crippen LogP contribution in [0.15, 0.2) is 0 Å². The van der Waals surface area contributed by atoms with Crippen LogP contribution in [0.1, 0.15) is 32.6 Å². The van der Waals surface area contributed by atoms with Crippen molar-refractivity contribution >= 4 is 17.7 Å². The van der Waals surface area contributed by atoms with E-state index in [0.717, 1.165) is 6.54 Å². The zero-order chi connectivity index (χ0) is 12.4. The molecule has 2 fully saturated rings. The van der Waals surface area contributed by atoms with Gasteiger partial charge in [0.25, 0.3) is 0 Å². The molecule has 4 heteroatoms. The molecule has 17 heavy (non-hydrogen) atoms. The number of nitrogens with zero attached hydrogens (tertiary/aromatic N) is 2. The molecule has 2 aliphatic heterocycles. The van der Waals surface area contributed by atoms with Crippen molar-refractivity contribution in [3.05, 3.63) is 0 Å². The van der Waals surface area contributed by atoms with Crippen molar-refractivity contribution in [1.82, 2.24) is 9.80 Å². The highest BCUT2D eigenvalue weighted by molar-refractivity contribution is 7.99. The van der Waals surface area contributed by atoms with Gasteiger partial charge < -0.3 is 9.80 Å². The lowest BCUT2D eigenvalue weighted by Gasteiger charge is -2.34. The van der Waals surface area contributed by atoms with E-state index in [1.54, 1.807) is 11.8 Å². The molecule has 0 aromatic heterocycles. The number of hydrogen-bond acceptors (Lipinski definition) is 3. The van der Waals surface area contributed by atoms with E-state index in [4.69, 9.17) is 0 Å². The van der Waals surface area contributed by atoms with Crippen LogP contribution in [0.4, 0.5) is 0 Å². The van der Waals surface area contributed by atoms with Crippen LogP contribution in [0.25, 0.3) is 0 Å². The predicted molar refractivity (Wildman–Crippen MR) is 73.4 cm³/mol. The molecule has 98 valence electrons. The van der Waals surface area contributed by atoms with Crippen molar-refractivity contribution < 1.29 is 4.79 Å². The lowest BCUT2D eigenvalue weighted by Crippen LogP contribution is -2.49. The first kappa shape index (κ1) is 13.2. The van der Waals surface area contributed by atoms with Crippen molar-refractivity contribution in [3.8, 4) is 0 Å². The van der Waals surface area contributed by atoms with Gasteiger partial charge in [0.05, 0.1) is 5.25 Å². The molecule has 3 atom stereocenters. The molecule has 2 rings (SSSR count). The summed E-state index contributed by atoms with van der Waals surface area (Å²) >= 11 is 1.66. The second-order valence-electron chi connectivity index (χ2n) is 5.31. The lowest BCUT2D eigenvalue weighted by molar-refractivity contribution is -0.132. The first-order valence-electron chi connectivity index (χ1n) is 6.68. The Bertz CT molecular complexity index is 285. The number of carbonyl (C=O) groups is 1. The molecule has 0 spiro atoms. The second kappa shape index (κ2) is 5.61. The summed E-state index contributed by atoms with van der Waals surface area (Å²) < 4.78 is 0. The summed E-state index contributed by atoms with van der Waals surface area (Å²) in [6, 6.07) is 1.08. The number of hydrogen-bond donors (Lipinski definition) is 0. The fourth-order valence-electron chi connectivity index (χ4n) is 3.22.